The maximum atomic E-state index is 12.1. The third kappa shape index (κ3) is 3.98. The number of carbonyl (C=O) groups is 1. The molecule has 0 spiro atoms. The van der Waals surface area contributed by atoms with E-state index < -0.39 is 0 Å². The molecule has 2 rings (SSSR count). The standard InChI is InChI=1S/C17H21NO2/c1-13(2)17(14-7-4-3-5-8-14)18-16(19)11-10-15-9-6-12-20-15/h3-9,12-13,17H,10-11H2,1-2H3,(H,18,19). The number of carbonyl (C=O) groups excluding carboxylic acids is 1. The first-order chi connectivity index (χ1) is 9.66. The van der Waals surface area contributed by atoms with Gasteiger partial charge in [0.1, 0.15) is 5.76 Å². The highest BCUT2D eigenvalue weighted by atomic mass is 16.3. The number of hydrogen-bond acceptors (Lipinski definition) is 2. The third-order valence-electron chi connectivity index (χ3n) is 3.32. The topological polar surface area (TPSA) is 42.2 Å². The van der Waals surface area contributed by atoms with Gasteiger partial charge in [0.15, 0.2) is 0 Å². The Bertz CT molecular complexity index is 517. The number of benzene rings is 1. The van der Waals surface area contributed by atoms with E-state index in [1.54, 1.807) is 6.26 Å². The van der Waals surface area contributed by atoms with E-state index >= 15 is 0 Å². The van der Waals surface area contributed by atoms with Crippen LogP contribution >= 0.6 is 0 Å². The lowest BCUT2D eigenvalue weighted by Crippen LogP contribution is -2.31. The molecule has 1 amide bonds. The van der Waals surface area contributed by atoms with Crippen LogP contribution in [0.15, 0.2) is 53.1 Å². The van der Waals surface area contributed by atoms with Gasteiger partial charge < -0.3 is 9.73 Å². The van der Waals surface area contributed by atoms with Crippen molar-refractivity contribution in [2.75, 3.05) is 0 Å². The zero-order valence-electron chi connectivity index (χ0n) is 12.0. The van der Waals surface area contributed by atoms with Crippen molar-refractivity contribution in [2.45, 2.75) is 32.7 Å². The lowest BCUT2D eigenvalue weighted by Gasteiger charge is -2.22. The molecule has 0 aliphatic carbocycles. The lowest BCUT2D eigenvalue weighted by molar-refractivity contribution is -0.122. The van der Waals surface area contributed by atoms with E-state index in [4.69, 9.17) is 4.42 Å². The van der Waals surface area contributed by atoms with Crippen molar-refractivity contribution in [3.05, 3.63) is 60.1 Å². The molecule has 1 heterocycles. The Morgan fingerprint density at radius 2 is 1.90 bits per heavy atom. The van der Waals surface area contributed by atoms with Crippen molar-refractivity contribution in [1.82, 2.24) is 5.32 Å². The smallest absolute Gasteiger partial charge is 0.220 e. The Morgan fingerprint density at radius 1 is 1.15 bits per heavy atom. The van der Waals surface area contributed by atoms with Crippen LogP contribution in [0.25, 0.3) is 0 Å². The van der Waals surface area contributed by atoms with Crippen LogP contribution in [0.5, 0.6) is 0 Å². The van der Waals surface area contributed by atoms with Crippen molar-refractivity contribution in [1.29, 1.82) is 0 Å². The molecule has 0 bridgehead atoms. The third-order valence-corrected chi connectivity index (χ3v) is 3.32. The number of aryl methyl sites for hydroxylation is 1. The SMILES string of the molecule is CC(C)C(NC(=O)CCc1ccco1)c1ccccc1. The molecule has 0 aliphatic heterocycles. The molecule has 0 fully saturated rings. The van der Waals surface area contributed by atoms with E-state index in [-0.39, 0.29) is 11.9 Å². The van der Waals surface area contributed by atoms with Crippen LogP contribution in [-0.2, 0) is 11.2 Å². The predicted molar refractivity (Wildman–Crippen MR) is 79.2 cm³/mol. The van der Waals surface area contributed by atoms with E-state index in [1.165, 1.54) is 0 Å². The molecule has 1 N–H and O–H groups in total. The molecule has 1 unspecified atom stereocenters. The van der Waals surface area contributed by atoms with Gasteiger partial charge in [0.2, 0.25) is 5.91 Å². The van der Waals surface area contributed by atoms with Gasteiger partial charge in [-0.05, 0) is 23.6 Å². The predicted octanol–water partition coefficient (Wildman–Crippen LogP) is 3.73. The Kier molecular flexibility index (Phi) is 4.99. The zero-order valence-corrected chi connectivity index (χ0v) is 12.0. The van der Waals surface area contributed by atoms with Gasteiger partial charge in [0.05, 0.1) is 12.3 Å². The van der Waals surface area contributed by atoms with Crippen LogP contribution < -0.4 is 5.32 Å². The number of furan rings is 1. The van der Waals surface area contributed by atoms with Gasteiger partial charge in [-0.3, -0.25) is 4.79 Å². The van der Waals surface area contributed by atoms with Gasteiger partial charge in [0.25, 0.3) is 0 Å². The molecule has 3 heteroatoms. The molecule has 0 aliphatic rings. The maximum Gasteiger partial charge on any atom is 0.220 e. The van der Waals surface area contributed by atoms with Crippen molar-refractivity contribution in [2.24, 2.45) is 5.92 Å². The van der Waals surface area contributed by atoms with Crippen molar-refractivity contribution in [3.8, 4) is 0 Å². The Hall–Kier alpha value is -2.03. The molecule has 0 radical (unpaired) electrons. The van der Waals surface area contributed by atoms with E-state index in [1.807, 2.05) is 30.3 Å². The van der Waals surface area contributed by atoms with Crippen LogP contribution in [0, 0.1) is 5.92 Å². The van der Waals surface area contributed by atoms with Gasteiger partial charge in [-0.1, -0.05) is 44.2 Å². The molecule has 1 aromatic carbocycles. The van der Waals surface area contributed by atoms with Crippen LogP contribution in [0.4, 0.5) is 0 Å². The molecule has 2 aromatic rings. The summed E-state index contributed by atoms with van der Waals surface area (Å²) in [5.74, 6) is 1.26. The molecule has 106 valence electrons. The van der Waals surface area contributed by atoms with Crippen LogP contribution in [-0.4, -0.2) is 5.91 Å². The molecular weight excluding hydrogens is 250 g/mol. The van der Waals surface area contributed by atoms with E-state index in [2.05, 4.69) is 31.3 Å². The van der Waals surface area contributed by atoms with Gasteiger partial charge in [-0.2, -0.15) is 0 Å². The van der Waals surface area contributed by atoms with Gasteiger partial charge in [-0.25, -0.2) is 0 Å². The summed E-state index contributed by atoms with van der Waals surface area (Å²) in [5, 5.41) is 3.11. The maximum absolute atomic E-state index is 12.1. The molecule has 0 saturated carbocycles. The summed E-state index contributed by atoms with van der Waals surface area (Å²) >= 11 is 0. The van der Waals surface area contributed by atoms with Crippen LogP contribution in [0.2, 0.25) is 0 Å². The second-order valence-electron chi connectivity index (χ2n) is 5.28. The monoisotopic (exact) mass is 271 g/mol. The largest absolute Gasteiger partial charge is 0.469 e. The first-order valence-corrected chi connectivity index (χ1v) is 7.03. The van der Waals surface area contributed by atoms with E-state index in [9.17, 15) is 4.79 Å². The normalized spacial score (nSPS) is 12.3. The molecule has 3 nitrogen and oxygen atoms in total. The van der Waals surface area contributed by atoms with Crippen LogP contribution in [0.1, 0.15) is 37.6 Å². The van der Waals surface area contributed by atoms with Crippen molar-refractivity contribution in [3.63, 3.8) is 0 Å². The fourth-order valence-corrected chi connectivity index (χ4v) is 2.23. The van der Waals surface area contributed by atoms with E-state index in [0.29, 0.717) is 18.8 Å². The second kappa shape index (κ2) is 6.94. The first-order valence-electron chi connectivity index (χ1n) is 7.03. The summed E-state index contributed by atoms with van der Waals surface area (Å²) in [6.07, 6.45) is 2.72. The minimum atomic E-state index is 0.0558. The average Bonchev–Trinajstić information content (AvgIpc) is 2.96. The lowest BCUT2D eigenvalue weighted by atomic mass is 9.96. The summed E-state index contributed by atoms with van der Waals surface area (Å²) < 4.78 is 5.24. The Balaban J connectivity index is 1.93. The van der Waals surface area contributed by atoms with Crippen molar-refractivity contribution < 1.29 is 9.21 Å². The number of rotatable bonds is 6. The number of nitrogens with one attached hydrogen (secondary N) is 1. The average molecular weight is 271 g/mol. The highest BCUT2D eigenvalue weighted by Gasteiger charge is 2.17. The second-order valence-corrected chi connectivity index (χ2v) is 5.28. The van der Waals surface area contributed by atoms with Gasteiger partial charge >= 0.3 is 0 Å². The molecule has 1 aromatic heterocycles. The van der Waals surface area contributed by atoms with Gasteiger partial charge in [-0.15, -0.1) is 0 Å². The fourth-order valence-electron chi connectivity index (χ4n) is 2.23. The van der Waals surface area contributed by atoms with Gasteiger partial charge in [0, 0.05) is 12.8 Å². The summed E-state index contributed by atoms with van der Waals surface area (Å²) in [5.41, 5.74) is 1.15. The summed E-state index contributed by atoms with van der Waals surface area (Å²) in [6.45, 7) is 4.23. The highest BCUT2D eigenvalue weighted by Crippen LogP contribution is 2.21. The minimum Gasteiger partial charge on any atom is -0.469 e. The summed E-state index contributed by atoms with van der Waals surface area (Å²) in [6, 6.07) is 13.9. The minimum absolute atomic E-state index is 0.0558. The first kappa shape index (κ1) is 14.4. The van der Waals surface area contributed by atoms with Crippen molar-refractivity contribution >= 4 is 5.91 Å². The molecular formula is C17H21NO2. The van der Waals surface area contributed by atoms with E-state index in [0.717, 1.165) is 11.3 Å². The summed E-state index contributed by atoms with van der Waals surface area (Å²) in [7, 11) is 0. The highest BCUT2D eigenvalue weighted by molar-refractivity contribution is 5.76. The quantitative estimate of drug-likeness (QED) is 0.870. The Morgan fingerprint density at radius 3 is 2.50 bits per heavy atom. The summed E-state index contributed by atoms with van der Waals surface area (Å²) in [4.78, 5) is 12.1. The molecule has 1 atom stereocenters. The fraction of sp³-hybridized carbons (Fsp3) is 0.353. The van der Waals surface area contributed by atoms with Crippen LogP contribution in [0.3, 0.4) is 0 Å². The number of hydrogen-bond donors (Lipinski definition) is 1. The zero-order chi connectivity index (χ0) is 14.4. The molecule has 20 heavy (non-hydrogen) atoms. The Labute approximate surface area is 120 Å². The number of amides is 1. The molecule has 0 saturated heterocycles.